The first-order valence-electron chi connectivity index (χ1n) is 6.98. The Labute approximate surface area is 113 Å². The van der Waals surface area contributed by atoms with Crippen LogP contribution in [-0.4, -0.2) is 9.55 Å². The summed E-state index contributed by atoms with van der Waals surface area (Å²) >= 11 is 0. The quantitative estimate of drug-likeness (QED) is 0.887. The summed E-state index contributed by atoms with van der Waals surface area (Å²) in [6, 6.07) is 5.16. The minimum Gasteiger partial charge on any atom is -0.324 e. The summed E-state index contributed by atoms with van der Waals surface area (Å²) in [5, 5.41) is 0. The smallest absolute Gasteiger partial charge is 0.151 e. The molecule has 0 aliphatic rings. The maximum Gasteiger partial charge on any atom is 0.151 e. The van der Waals surface area contributed by atoms with Gasteiger partial charge in [-0.1, -0.05) is 25.8 Å². The first-order chi connectivity index (χ1) is 9.06. The van der Waals surface area contributed by atoms with Gasteiger partial charge >= 0.3 is 0 Å². The van der Waals surface area contributed by atoms with E-state index in [-0.39, 0.29) is 17.9 Å². The highest BCUT2D eigenvalue weighted by molar-refractivity contribution is 5.77. The van der Waals surface area contributed by atoms with E-state index >= 15 is 0 Å². The summed E-state index contributed by atoms with van der Waals surface area (Å²) < 4.78 is 15.9. The van der Waals surface area contributed by atoms with E-state index in [0.29, 0.717) is 5.52 Å². The van der Waals surface area contributed by atoms with Crippen LogP contribution in [0.15, 0.2) is 18.2 Å². The van der Waals surface area contributed by atoms with Crippen LogP contribution in [0.3, 0.4) is 0 Å². The van der Waals surface area contributed by atoms with Crippen molar-refractivity contribution in [3.8, 4) is 0 Å². The van der Waals surface area contributed by atoms with Crippen molar-refractivity contribution < 1.29 is 4.39 Å². The van der Waals surface area contributed by atoms with Crippen molar-refractivity contribution in [3.05, 3.63) is 29.8 Å². The first kappa shape index (κ1) is 14.0. The molecular formula is C15H22FN3. The van der Waals surface area contributed by atoms with E-state index in [4.69, 9.17) is 5.73 Å². The zero-order valence-electron chi connectivity index (χ0n) is 11.9. The Morgan fingerprint density at radius 3 is 2.74 bits per heavy atom. The number of aromatic nitrogens is 2. The van der Waals surface area contributed by atoms with E-state index in [0.717, 1.165) is 30.6 Å². The van der Waals surface area contributed by atoms with Crippen LogP contribution >= 0.6 is 0 Å². The first-order valence-corrected chi connectivity index (χ1v) is 6.98. The molecule has 19 heavy (non-hydrogen) atoms. The average molecular weight is 263 g/mol. The van der Waals surface area contributed by atoms with Gasteiger partial charge in [0.25, 0.3) is 0 Å². The zero-order valence-corrected chi connectivity index (χ0v) is 11.9. The number of halogens is 1. The minimum atomic E-state index is -0.277. The van der Waals surface area contributed by atoms with E-state index in [9.17, 15) is 4.39 Å². The molecule has 1 aromatic heterocycles. The average Bonchev–Trinajstić information content (AvgIpc) is 2.77. The van der Waals surface area contributed by atoms with Crippen LogP contribution in [0.1, 0.15) is 57.9 Å². The highest BCUT2D eigenvalue weighted by atomic mass is 19.1. The molecular weight excluding hydrogens is 241 g/mol. The lowest BCUT2D eigenvalue weighted by atomic mass is 10.1. The van der Waals surface area contributed by atoms with Crippen LogP contribution in [0.25, 0.3) is 11.0 Å². The number of nitrogens with two attached hydrogens (primary N) is 1. The second kappa shape index (κ2) is 5.70. The molecule has 0 aliphatic carbocycles. The normalized spacial score (nSPS) is 13.4. The molecule has 104 valence electrons. The number of hydrogen-bond donors (Lipinski definition) is 1. The highest BCUT2D eigenvalue weighted by Gasteiger charge is 2.20. The summed E-state index contributed by atoms with van der Waals surface area (Å²) in [6.07, 6.45) is 3.04. The fourth-order valence-electron chi connectivity index (χ4n) is 2.46. The van der Waals surface area contributed by atoms with Gasteiger partial charge in [0.15, 0.2) is 5.82 Å². The molecule has 0 saturated heterocycles. The van der Waals surface area contributed by atoms with Crippen LogP contribution in [0, 0.1) is 5.82 Å². The van der Waals surface area contributed by atoms with Crippen LogP contribution in [0.2, 0.25) is 0 Å². The van der Waals surface area contributed by atoms with Gasteiger partial charge in [0.2, 0.25) is 0 Å². The second-order valence-electron chi connectivity index (χ2n) is 5.29. The molecule has 1 atom stereocenters. The Morgan fingerprint density at radius 2 is 2.11 bits per heavy atom. The molecule has 2 N–H and O–H groups in total. The number of imidazole rings is 1. The maximum absolute atomic E-state index is 13.8. The van der Waals surface area contributed by atoms with Crippen LogP contribution in [0.4, 0.5) is 4.39 Å². The highest BCUT2D eigenvalue weighted by Crippen LogP contribution is 2.27. The molecule has 1 unspecified atom stereocenters. The molecule has 0 amide bonds. The van der Waals surface area contributed by atoms with Gasteiger partial charge in [-0.15, -0.1) is 0 Å². The topological polar surface area (TPSA) is 43.8 Å². The molecule has 1 aromatic carbocycles. The van der Waals surface area contributed by atoms with Crippen molar-refractivity contribution in [2.75, 3.05) is 0 Å². The number of nitrogens with zero attached hydrogens (tertiary/aromatic N) is 2. The molecule has 3 nitrogen and oxygen atoms in total. The number of para-hydroxylation sites is 1. The molecule has 0 bridgehead atoms. The largest absolute Gasteiger partial charge is 0.324 e. The second-order valence-corrected chi connectivity index (χ2v) is 5.29. The van der Waals surface area contributed by atoms with Crippen molar-refractivity contribution >= 4 is 11.0 Å². The third kappa shape index (κ3) is 2.63. The van der Waals surface area contributed by atoms with E-state index in [2.05, 4.69) is 30.3 Å². The standard InChI is InChI=1S/C15H22FN3/c1-4-5-8-12(17)15-18-14-11(16)7-6-9-13(14)19(15)10(2)3/h6-7,9-10,12H,4-5,8,17H2,1-3H3. The monoisotopic (exact) mass is 263 g/mol. The molecule has 4 heteroatoms. The summed E-state index contributed by atoms with van der Waals surface area (Å²) in [6.45, 7) is 6.28. The van der Waals surface area contributed by atoms with Gasteiger partial charge in [-0.25, -0.2) is 9.37 Å². The lowest BCUT2D eigenvalue weighted by molar-refractivity contribution is 0.510. The molecule has 0 aliphatic heterocycles. The fraction of sp³-hybridized carbons (Fsp3) is 0.533. The Hall–Kier alpha value is -1.42. The lowest BCUT2D eigenvalue weighted by Gasteiger charge is -2.17. The van der Waals surface area contributed by atoms with Crippen molar-refractivity contribution in [1.29, 1.82) is 0 Å². The molecule has 0 radical (unpaired) electrons. The summed E-state index contributed by atoms with van der Waals surface area (Å²) in [4.78, 5) is 4.45. The number of rotatable bonds is 5. The lowest BCUT2D eigenvalue weighted by Crippen LogP contribution is -2.17. The molecule has 0 fully saturated rings. The predicted octanol–water partition coefficient (Wildman–Crippen LogP) is 3.95. The fourth-order valence-corrected chi connectivity index (χ4v) is 2.46. The van der Waals surface area contributed by atoms with Gasteiger partial charge in [0.05, 0.1) is 11.6 Å². The Bertz CT molecular complexity index is 560. The molecule has 0 spiro atoms. The van der Waals surface area contributed by atoms with Crippen molar-refractivity contribution in [2.24, 2.45) is 5.73 Å². The van der Waals surface area contributed by atoms with Gasteiger partial charge in [-0.2, -0.15) is 0 Å². The Morgan fingerprint density at radius 1 is 1.37 bits per heavy atom. The van der Waals surface area contributed by atoms with Crippen LogP contribution in [0.5, 0.6) is 0 Å². The summed E-state index contributed by atoms with van der Waals surface area (Å²) in [7, 11) is 0. The van der Waals surface area contributed by atoms with E-state index in [1.807, 2.05) is 6.07 Å². The Kier molecular flexibility index (Phi) is 4.20. The number of hydrogen-bond acceptors (Lipinski definition) is 2. The van der Waals surface area contributed by atoms with Crippen molar-refractivity contribution in [2.45, 2.75) is 52.1 Å². The molecule has 0 saturated carbocycles. The van der Waals surface area contributed by atoms with Gasteiger partial charge in [0, 0.05) is 6.04 Å². The van der Waals surface area contributed by atoms with Gasteiger partial charge in [0.1, 0.15) is 11.3 Å². The molecule has 2 rings (SSSR count). The van der Waals surface area contributed by atoms with Gasteiger partial charge in [-0.3, -0.25) is 0 Å². The predicted molar refractivity (Wildman–Crippen MR) is 76.5 cm³/mol. The van der Waals surface area contributed by atoms with Gasteiger partial charge in [-0.05, 0) is 32.4 Å². The third-order valence-electron chi connectivity index (χ3n) is 3.41. The van der Waals surface area contributed by atoms with Crippen LogP contribution in [-0.2, 0) is 0 Å². The maximum atomic E-state index is 13.8. The number of unbranched alkanes of at least 4 members (excludes halogenated alkanes) is 1. The molecule has 2 aromatic rings. The van der Waals surface area contributed by atoms with E-state index < -0.39 is 0 Å². The van der Waals surface area contributed by atoms with E-state index in [1.165, 1.54) is 6.07 Å². The minimum absolute atomic E-state index is 0.130. The number of fused-ring (bicyclic) bond motifs is 1. The van der Waals surface area contributed by atoms with Crippen LogP contribution < -0.4 is 5.73 Å². The van der Waals surface area contributed by atoms with Crippen molar-refractivity contribution in [1.82, 2.24) is 9.55 Å². The van der Waals surface area contributed by atoms with E-state index in [1.54, 1.807) is 6.07 Å². The zero-order chi connectivity index (χ0) is 14.0. The SMILES string of the molecule is CCCCC(N)c1nc2c(F)cccc2n1C(C)C. The molecule has 1 heterocycles. The number of benzene rings is 1. The summed E-state index contributed by atoms with van der Waals surface area (Å²) in [5.74, 6) is 0.518. The summed E-state index contributed by atoms with van der Waals surface area (Å²) in [5.41, 5.74) is 7.49. The van der Waals surface area contributed by atoms with Crippen molar-refractivity contribution in [3.63, 3.8) is 0 Å². The Balaban J connectivity index is 2.53. The third-order valence-corrected chi connectivity index (χ3v) is 3.41. The van der Waals surface area contributed by atoms with Gasteiger partial charge < -0.3 is 10.3 Å².